The molecular formula is C14H16FNO5. The van der Waals surface area contributed by atoms with Crippen LogP contribution in [0.3, 0.4) is 0 Å². The molecule has 0 heterocycles. The van der Waals surface area contributed by atoms with Crippen LogP contribution in [-0.2, 0) is 19.1 Å². The van der Waals surface area contributed by atoms with Crippen LogP contribution in [0.25, 0.3) is 0 Å². The lowest BCUT2D eigenvalue weighted by Gasteiger charge is -2.16. The largest absolute Gasteiger partial charge is 0.469 e. The van der Waals surface area contributed by atoms with Crippen LogP contribution in [-0.4, -0.2) is 38.1 Å². The van der Waals surface area contributed by atoms with E-state index in [4.69, 9.17) is 0 Å². The number of carbonyl (C=O) groups excluding carboxylic acids is 3. The van der Waals surface area contributed by atoms with Crippen molar-refractivity contribution in [1.29, 1.82) is 0 Å². The summed E-state index contributed by atoms with van der Waals surface area (Å²) >= 11 is 0. The van der Waals surface area contributed by atoms with Crippen LogP contribution >= 0.6 is 0 Å². The lowest BCUT2D eigenvalue weighted by atomic mass is 10.1. The zero-order valence-electron chi connectivity index (χ0n) is 11.7. The molecule has 1 aromatic rings. The van der Waals surface area contributed by atoms with Gasteiger partial charge in [-0.15, -0.1) is 0 Å². The Balaban J connectivity index is 2.71. The second kappa shape index (κ2) is 7.98. The van der Waals surface area contributed by atoms with Gasteiger partial charge in [0.2, 0.25) is 0 Å². The van der Waals surface area contributed by atoms with Gasteiger partial charge in [-0.25, -0.2) is 9.18 Å². The van der Waals surface area contributed by atoms with Gasteiger partial charge >= 0.3 is 11.9 Å². The van der Waals surface area contributed by atoms with Crippen LogP contribution in [0, 0.1) is 5.82 Å². The summed E-state index contributed by atoms with van der Waals surface area (Å²) in [5.74, 6) is -2.20. The van der Waals surface area contributed by atoms with Crippen molar-refractivity contribution in [3.63, 3.8) is 0 Å². The first-order valence-electron chi connectivity index (χ1n) is 6.19. The molecule has 1 rings (SSSR count). The lowest BCUT2D eigenvalue weighted by molar-refractivity contribution is -0.144. The molecule has 6 nitrogen and oxygen atoms in total. The number of hydrogen-bond donors (Lipinski definition) is 1. The Labute approximate surface area is 121 Å². The van der Waals surface area contributed by atoms with Crippen LogP contribution in [0.1, 0.15) is 23.2 Å². The van der Waals surface area contributed by atoms with Gasteiger partial charge in [0, 0.05) is 12.0 Å². The van der Waals surface area contributed by atoms with E-state index in [2.05, 4.69) is 14.8 Å². The molecule has 0 unspecified atom stereocenters. The normalized spacial score (nSPS) is 11.4. The monoisotopic (exact) mass is 297 g/mol. The van der Waals surface area contributed by atoms with Crippen molar-refractivity contribution >= 4 is 17.8 Å². The second-order valence-electron chi connectivity index (χ2n) is 4.17. The number of halogens is 1. The lowest BCUT2D eigenvalue weighted by Crippen LogP contribution is -2.41. The maximum absolute atomic E-state index is 12.8. The van der Waals surface area contributed by atoms with E-state index in [1.165, 1.54) is 26.4 Å². The molecule has 21 heavy (non-hydrogen) atoms. The molecule has 7 heteroatoms. The summed E-state index contributed by atoms with van der Waals surface area (Å²) in [7, 11) is 2.41. The van der Waals surface area contributed by atoms with E-state index in [0.29, 0.717) is 0 Å². The number of carbonyl (C=O) groups is 3. The zero-order chi connectivity index (χ0) is 15.8. The SMILES string of the molecule is COC(=O)CC[C@H](NC(=O)c1ccc(F)cc1)C(=O)OC. The maximum atomic E-state index is 12.8. The predicted molar refractivity (Wildman–Crippen MR) is 70.9 cm³/mol. The van der Waals surface area contributed by atoms with Crippen molar-refractivity contribution in [3.05, 3.63) is 35.6 Å². The summed E-state index contributed by atoms with van der Waals surface area (Å²) in [6, 6.07) is 3.87. The van der Waals surface area contributed by atoms with Crippen LogP contribution in [0.4, 0.5) is 4.39 Å². The van der Waals surface area contributed by atoms with Gasteiger partial charge in [-0.2, -0.15) is 0 Å². The molecule has 1 N–H and O–H groups in total. The minimum Gasteiger partial charge on any atom is -0.469 e. The number of methoxy groups -OCH3 is 2. The summed E-state index contributed by atoms with van der Waals surface area (Å²) in [5, 5.41) is 2.44. The van der Waals surface area contributed by atoms with Gasteiger partial charge in [-0.3, -0.25) is 9.59 Å². The van der Waals surface area contributed by atoms with E-state index < -0.39 is 29.7 Å². The van der Waals surface area contributed by atoms with E-state index >= 15 is 0 Å². The Morgan fingerprint density at radius 2 is 1.76 bits per heavy atom. The summed E-state index contributed by atoms with van der Waals surface area (Å²) in [6.45, 7) is 0. The summed E-state index contributed by atoms with van der Waals surface area (Å²) in [4.78, 5) is 34.6. The molecule has 0 saturated heterocycles. The predicted octanol–water partition coefficient (Wildman–Crippen LogP) is 1.05. The molecule has 1 amide bonds. The van der Waals surface area contributed by atoms with E-state index in [-0.39, 0.29) is 18.4 Å². The summed E-state index contributed by atoms with van der Waals surface area (Å²) < 4.78 is 21.8. The number of benzene rings is 1. The fraction of sp³-hybridized carbons (Fsp3) is 0.357. The molecular weight excluding hydrogens is 281 g/mol. The third-order valence-corrected chi connectivity index (χ3v) is 2.76. The Morgan fingerprint density at radius 3 is 2.29 bits per heavy atom. The Morgan fingerprint density at radius 1 is 1.14 bits per heavy atom. The average Bonchev–Trinajstić information content (AvgIpc) is 2.50. The molecule has 0 bridgehead atoms. The summed E-state index contributed by atoms with van der Waals surface area (Å²) in [6.07, 6.45) is 0.00620. The molecule has 0 aliphatic heterocycles. The second-order valence-corrected chi connectivity index (χ2v) is 4.17. The topological polar surface area (TPSA) is 81.7 Å². The molecule has 0 aromatic heterocycles. The number of rotatable bonds is 6. The van der Waals surface area contributed by atoms with Crippen molar-refractivity contribution < 1.29 is 28.2 Å². The van der Waals surface area contributed by atoms with Crippen LogP contribution in [0.5, 0.6) is 0 Å². The maximum Gasteiger partial charge on any atom is 0.328 e. The van der Waals surface area contributed by atoms with Crippen molar-refractivity contribution in [3.8, 4) is 0 Å². The van der Waals surface area contributed by atoms with Crippen molar-refractivity contribution in [1.82, 2.24) is 5.32 Å². The first-order valence-corrected chi connectivity index (χ1v) is 6.19. The van der Waals surface area contributed by atoms with E-state index in [1.54, 1.807) is 0 Å². The van der Waals surface area contributed by atoms with Crippen LogP contribution in [0.2, 0.25) is 0 Å². The van der Waals surface area contributed by atoms with Gasteiger partial charge in [0.1, 0.15) is 11.9 Å². The molecule has 0 fully saturated rings. The molecule has 0 spiro atoms. The van der Waals surface area contributed by atoms with Crippen molar-refractivity contribution in [2.45, 2.75) is 18.9 Å². The van der Waals surface area contributed by atoms with Crippen molar-refractivity contribution in [2.75, 3.05) is 14.2 Å². The fourth-order valence-corrected chi connectivity index (χ4v) is 1.60. The van der Waals surface area contributed by atoms with E-state index in [0.717, 1.165) is 12.1 Å². The highest BCUT2D eigenvalue weighted by atomic mass is 19.1. The molecule has 0 radical (unpaired) electrons. The van der Waals surface area contributed by atoms with Crippen molar-refractivity contribution in [2.24, 2.45) is 0 Å². The van der Waals surface area contributed by atoms with Gasteiger partial charge in [-0.1, -0.05) is 0 Å². The van der Waals surface area contributed by atoms with Crippen LogP contribution in [0.15, 0.2) is 24.3 Å². The number of hydrogen-bond acceptors (Lipinski definition) is 5. The highest BCUT2D eigenvalue weighted by Crippen LogP contribution is 2.06. The zero-order valence-corrected chi connectivity index (χ0v) is 11.7. The smallest absolute Gasteiger partial charge is 0.328 e. The third-order valence-electron chi connectivity index (χ3n) is 2.76. The number of nitrogens with one attached hydrogen (secondary N) is 1. The van der Waals surface area contributed by atoms with Crippen LogP contribution < -0.4 is 5.32 Å². The first kappa shape index (κ1) is 16.6. The minimum absolute atomic E-state index is 0.0417. The molecule has 0 aliphatic rings. The van der Waals surface area contributed by atoms with E-state index in [9.17, 15) is 18.8 Å². The highest BCUT2D eigenvalue weighted by Gasteiger charge is 2.23. The van der Waals surface area contributed by atoms with Gasteiger partial charge < -0.3 is 14.8 Å². The van der Waals surface area contributed by atoms with Gasteiger partial charge in [0.05, 0.1) is 14.2 Å². The Kier molecular flexibility index (Phi) is 6.32. The Hall–Kier alpha value is -2.44. The quantitative estimate of drug-likeness (QED) is 0.794. The standard InChI is InChI=1S/C14H16FNO5/c1-20-12(17)8-7-11(14(19)21-2)16-13(18)9-3-5-10(15)6-4-9/h3-6,11H,7-8H2,1-2H3,(H,16,18)/t11-/m0/s1. The molecule has 114 valence electrons. The first-order chi connectivity index (χ1) is 9.97. The number of ether oxygens (including phenoxy) is 2. The highest BCUT2D eigenvalue weighted by molar-refractivity contribution is 5.96. The van der Waals surface area contributed by atoms with Gasteiger partial charge in [-0.05, 0) is 30.7 Å². The average molecular weight is 297 g/mol. The fourth-order valence-electron chi connectivity index (χ4n) is 1.60. The number of amides is 1. The van der Waals surface area contributed by atoms with Gasteiger partial charge in [0.15, 0.2) is 0 Å². The molecule has 1 aromatic carbocycles. The molecule has 0 saturated carbocycles. The van der Waals surface area contributed by atoms with E-state index in [1.807, 2.05) is 0 Å². The molecule has 0 aliphatic carbocycles. The Bertz CT molecular complexity index is 515. The minimum atomic E-state index is -0.980. The van der Waals surface area contributed by atoms with Gasteiger partial charge in [0.25, 0.3) is 5.91 Å². The third kappa shape index (κ3) is 5.21. The summed E-state index contributed by atoms with van der Waals surface area (Å²) in [5.41, 5.74) is 0.198. The molecule has 1 atom stereocenters. The number of esters is 2.